The highest BCUT2D eigenvalue weighted by atomic mass is 19.1. The second kappa shape index (κ2) is 9.48. The first-order chi connectivity index (χ1) is 15.4. The summed E-state index contributed by atoms with van der Waals surface area (Å²) in [5, 5.41) is 7.59. The molecular formula is C22H31F2N7O. The zero-order valence-electron chi connectivity index (χ0n) is 18.4. The van der Waals surface area contributed by atoms with Gasteiger partial charge in [-0.25, -0.2) is 18.8 Å². The lowest BCUT2D eigenvalue weighted by atomic mass is 9.85. The number of likely N-dealkylation sites (N-methyl/N-ethyl adjacent to an activating group) is 1. The molecule has 3 N–H and O–H groups in total. The van der Waals surface area contributed by atoms with Crippen molar-refractivity contribution >= 4 is 29.6 Å². The van der Waals surface area contributed by atoms with E-state index in [0.29, 0.717) is 5.82 Å². The van der Waals surface area contributed by atoms with Crippen molar-refractivity contribution in [1.29, 1.82) is 5.41 Å². The number of nitrogens with two attached hydrogens (primary N) is 1. The van der Waals surface area contributed by atoms with Crippen molar-refractivity contribution < 1.29 is 13.6 Å². The van der Waals surface area contributed by atoms with Gasteiger partial charge in [-0.15, -0.1) is 0 Å². The molecule has 32 heavy (non-hydrogen) atoms. The number of halogens is 2. The van der Waals surface area contributed by atoms with E-state index in [4.69, 9.17) is 11.1 Å². The van der Waals surface area contributed by atoms with Crippen LogP contribution in [-0.4, -0.2) is 76.6 Å². The van der Waals surface area contributed by atoms with Crippen LogP contribution >= 0.6 is 0 Å². The van der Waals surface area contributed by atoms with Gasteiger partial charge in [0.15, 0.2) is 0 Å². The summed E-state index contributed by atoms with van der Waals surface area (Å²) < 4.78 is 29.4. The number of hydrogen-bond acceptors (Lipinski definition) is 6. The average Bonchev–Trinajstić information content (AvgIpc) is 3.10. The number of imidazole rings is 1. The van der Waals surface area contributed by atoms with Crippen LogP contribution in [-0.2, 0) is 4.79 Å². The van der Waals surface area contributed by atoms with E-state index in [1.807, 2.05) is 4.90 Å². The molecule has 1 unspecified atom stereocenters. The van der Waals surface area contributed by atoms with Crippen molar-refractivity contribution in [3.8, 4) is 0 Å². The number of nitrogen functional groups attached to an aromatic ring is 1. The standard InChI is InChI=1S/C22H31F2N7O/c1-29-8-10-30(11-9-29)21(32)14-2-5-16(6-3-14)31-20(26)19(13-25)28-22(31)27-18-7-4-15(23)12-17(18)24/h12-16,25H,2-11,26H2,1H3. The Bertz CT molecular complexity index is 925. The minimum atomic E-state index is -1.30. The highest BCUT2D eigenvalue weighted by Gasteiger charge is 2.33. The second-order valence-electron chi connectivity index (χ2n) is 8.96. The number of amides is 1. The average molecular weight is 448 g/mol. The molecule has 8 nitrogen and oxygen atoms in total. The molecule has 2 heterocycles. The summed E-state index contributed by atoms with van der Waals surface area (Å²) in [5.74, 6) is 0.111. The van der Waals surface area contributed by atoms with E-state index in [9.17, 15) is 13.6 Å². The molecule has 0 radical (unpaired) electrons. The molecule has 174 valence electrons. The van der Waals surface area contributed by atoms with Gasteiger partial charge in [-0.2, -0.15) is 0 Å². The number of carbonyl (C=O) groups is 1. The van der Waals surface area contributed by atoms with Gasteiger partial charge >= 0.3 is 0 Å². The van der Waals surface area contributed by atoms with Gasteiger partial charge in [0.2, 0.25) is 11.9 Å². The third-order valence-corrected chi connectivity index (χ3v) is 6.82. The zero-order chi connectivity index (χ0) is 22.8. The number of nitrogens with one attached hydrogen (secondary N) is 1. The van der Waals surface area contributed by atoms with Crippen molar-refractivity contribution in [3.05, 3.63) is 17.6 Å². The predicted molar refractivity (Wildman–Crippen MR) is 120 cm³/mol. The fraction of sp³-hybridized carbons (Fsp3) is 0.636. The number of carbonyl (C=O) groups excluding carboxylic acids is 1. The maximum Gasteiger partial charge on any atom is 0.232 e. The Morgan fingerprint density at radius 2 is 1.91 bits per heavy atom. The van der Waals surface area contributed by atoms with Gasteiger partial charge in [-0.3, -0.25) is 9.36 Å². The molecule has 1 aliphatic heterocycles. The highest BCUT2D eigenvalue weighted by Crippen LogP contribution is 2.38. The highest BCUT2D eigenvalue weighted by molar-refractivity contribution is 6.00. The van der Waals surface area contributed by atoms with Crippen LogP contribution in [0.4, 0.5) is 20.5 Å². The topological polar surface area (TPSA) is 104 Å². The van der Waals surface area contributed by atoms with E-state index < -0.39 is 12.0 Å². The SMILES string of the molecule is CN1CCN(C(=O)C2CCC(n3c(N=C4CCC(F)C=C4F)nc(C=N)c3N)CC2)CC1. The maximum atomic E-state index is 14.2. The molecule has 1 saturated carbocycles. The molecular weight excluding hydrogens is 416 g/mol. The third-order valence-electron chi connectivity index (χ3n) is 6.82. The second-order valence-corrected chi connectivity index (χ2v) is 8.96. The molecule has 0 bridgehead atoms. The maximum absolute atomic E-state index is 14.2. The molecule has 0 spiro atoms. The van der Waals surface area contributed by atoms with E-state index in [1.165, 1.54) is 0 Å². The number of hydrogen-bond donors (Lipinski definition) is 2. The first kappa shape index (κ1) is 22.6. The number of piperazine rings is 1. The molecule has 4 rings (SSSR count). The number of rotatable bonds is 4. The van der Waals surface area contributed by atoms with Crippen LogP contribution in [0.25, 0.3) is 0 Å². The van der Waals surface area contributed by atoms with E-state index in [0.717, 1.165) is 64.2 Å². The number of anilines is 1. The molecule has 1 aromatic rings. The van der Waals surface area contributed by atoms with Gasteiger partial charge in [-0.05, 0) is 51.6 Å². The molecule has 1 atom stereocenters. The summed E-state index contributed by atoms with van der Waals surface area (Å²) in [5.41, 5.74) is 6.70. The molecule has 3 aliphatic rings. The van der Waals surface area contributed by atoms with Crippen molar-refractivity contribution in [1.82, 2.24) is 19.4 Å². The fourth-order valence-electron chi connectivity index (χ4n) is 4.82. The summed E-state index contributed by atoms with van der Waals surface area (Å²) in [7, 11) is 2.07. The number of alkyl halides is 1. The zero-order valence-corrected chi connectivity index (χ0v) is 18.4. The molecule has 2 aliphatic carbocycles. The smallest absolute Gasteiger partial charge is 0.232 e. The van der Waals surface area contributed by atoms with Gasteiger partial charge in [-0.1, -0.05) is 0 Å². The number of aromatic nitrogens is 2. The number of aliphatic imine (C=N–C) groups is 1. The Morgan fingerprint density at radius 1 is 1.22 bits per heavy atom. The number of nitrogens with zero attached hydrogens (tertiary/aromatic N) is 5. The lowest BCUT2D eigenvalue weighted by molar-refractivity contribution is -0.138. The van der Waals surface area contributed by atoms with Gasteiger partial charge in [0.25, 0.3) is 0 Å². The van der Waals surface area contributed by atoms with Crippen LogP contribution in [0, 0.1) is 11.3 Å². The molecule has 2 fully saturated rings. The van der Waals surface area contributed by atoms with Crippen LogP contribution in [0.3, 0.4) is 0 Å². The quantitative estimate of drug-likeness (QED) is 0.693. The van der Waals surface area contributed by atoms with Crippen LogP contribution in [0.2, 0.25) is 0 Å². The van der Waals surface area contributed by atoms with Crippen LogP contribution in [0.5, 0.6) is 0 Å². The normalized spacial score (nSPS) is 28.6. The molecule has 1 saturated heterocycles. The van der Waals surface area contributed by atoms with Crippen molar-refractivity contribution in [2.75, 3.05) is 39.0 Å². The third kappa shape index (κ3) is 4.60. The monoisotopic (exact) mass is 447 g/mol. The van der Waals surface area contributed by atoms with Crippen LogP contribution < -0.4 is 5.73 Å². The predicted octanol–water partition coefficient (Wildman–Crippen LogP) is 3.03. The van der Waals surface area contributed by atoms with Gasteiger partial charge in [0.1, 0.15) is 23.5 Å². The lowest BCUT2D eigenvalue weighted by Crippen LogP contribution is -2.49. The Kier molecular flexibility index (Phi) is 6.68. The molecule has 0 aromatic carbocycles. The Labute approximate surface area is 186 Å². The summed E-state index contributed by atoms with van der Waals surface area (Å²) in [6.45, 7) is 3.34. The van der Waals surface area contributed by atoms with Crippen LogP contribution in [0.1, 0.15) is 50.3 Å². The minimum Gasteiger partial charge on any atom is -0.383 e. The van der Waals surface area contributed by atoms with Crippen molar-refractivity contribution in [2.45, 2.75) is 50.7 Å². The Morgan fingerprint density at radius 3 is 2.53 bits per heavy atom. The Balaban J connectivity index is 1.50. The first-order valence-corrected chi connectivity index (χ1v) is 11.3. The van der Waals surface area contributed by atoms with Gasteiger partial charge in [0.05, 0.1) is 5.71 Å². The van der Waals surface area contributed by atoms with E-state index in [1.54, 1.807) is 4.57 Å². The molecule has 1 amide bonds. The summed E-state index contributed by atoms with van der Waals surface area (Å²) in [6.07, 6.45) is 3.98. The van der Waals surface area contributed by atoms with Crippen molar-refractivity contribution in [2.24, 2.45) is 10.9 Å². The fourth-order valence-corrected chi connectivity index (χ4v) is 4.82. The van der Waals surface area contributed by atoms with Crippen molar-refractivity contribution in [3.63, 3.8) is 0 Å². The van der Waals surface area contributed by atoms with E-state index in [-0.39, 0.29) is 48.1 Å². The minimum absolute atomic E-state index is 0.00316. The summed E-state index contributed by atoms with van der Waals surface area (Å²) >= 11 is 0. The molecule has 10 heteroatoms. The van der Waals surface area contributed by atoms with E-state index >= 15 is 0 Å². The number of allylic oxidation sites excluding steroid dienone is 2. The summed E-state index contributed by atoms with van der Waals surface area (Å²) in [6, 6.07) is -0.0309. The van der Waals surface area contributed by atoms with E-state index in [2.05, 4.69) is 21.9 Å². The lowest BCUT2D eigenvalue weighted by Gasteiger charge is -2.37. The summed E-state index contributed by atoms with van der Waals surface area (Å²) in [4.78, 5) is 25.8. The molecule has 1 aromatic heterocycles. The first-order valence-electron chi connectivity index (χ1n) is 11.3. The Hall–Kier alpha value is -2.62. The van der Waals surface area contributed by atoms with Gasteiger partial charge < -0.3 is 20.9 Å². The largest absolute Gasteiger partial charge is 0.383 e. The van der Waals surface area contributed by atoms with Crippen LogP contribution in [0.15, 0.2) is 16.9 Å². The van der Waals surface area contributed by atoms with Gasteiger partial charge in [0, 0.05) is 44.4 Å².